The van der Waals surface area contributed by atoms with Gasteiger partial charge in [0.25, 0.3) is 0 Å². The molecule has 1 aromatic rings. The van der Waals surface area contributed by atoms with Crippen molar-refractivity contribution in [2.45, 2.75) is 56.4 Å². The van der Waals surface area contributed by atoms with Crippen molar-refractivity contribution in [3.05, 3.63) is 5.82 Å². The Hall–Kier alpha value is -1.25. The molecular formula is C13H19F3N4OS. The molecule has 5 nitrogen and oxygen atoms in total. The van der Waals surface area contributed by atoms with Crippen molar-refractivity contribution in [2.24, 2.45) is 0 Å². The molecule has 1 aliphatic rings. The predicted molar refractivity (Wildman–Crippen MR) is 76.7 cm³/mol. The second-order valence-electron chi connectivity index (χ2n) is 5.37. The number of nitrogens with zero attached hydrogens (tertiary/aromatic N) is 3. The summed E-state index contributed by atoms with van der Waals surface area (Å²) in [6.07, 6.45) is 1.23. The molecule has 1 saturated carbocycles. The molecule has 0 saturated heterocycles. The number of carbonyl (C=O) groups excluding carboxylic acids is 1. The van der Waals surface area contributed by atoms with Crippen LogP contribution in [0, 0.1) is 6.92 Å². The van der Waals surface area contributed by atoms with Crippen LogP contribution < -0.4 is 5.32 Å². The minimum absolute atomic E-state index is 0.0963. The van der Waals surface area contributed by atoms with Crippen LogP contribution in [-0.2, 0) is 4.79 Å². The van der Waals surface area contributed by atoms with Gasteiger partial charge in [0.1, 0.15) is 12.4 Å². The lowest BCUT2D eigenvalue weighted by molar-refractivity contribution is -0.136. The molecule has 0 bridgehead atoms. The van der Waals surface area contributed by atoms with Crippen molar-refractivity contribution in [1.82, 2.24) is 20.1 Å². The Bertz CT molecular complexity index is 512. The van der Waals surface area contributed by atoms with Crippen LogP contribution in [0.2, 0.25) is 0 Å². The number of rotatable bonds is 5. The Morgan fingerprint density at radius 3 is 2.64 bits per heavy atom. The summed E-state index contributed by atoms with van der Waals surface area (Å²) >= 11 is 1.13. The molecule has 1 N–H and O–H groups in total. The van der Waals surface area contributed by atoms with E-state index in [2.05, 4.69) is 10.2 Å². The van der Waals surface area contributed by atoms with Crippen molar-refractivity contribution in [1.29, 1.82) is 0 Å². The maximum atomic E-state index is 12.0. The number of halogens is 3. The molecule has 1 amide bonds. The fourth-order valence-corrected chi connectivity index (χ4v) is 3.47. The molecule has 0 radical (unpaired) electrons. The first-order valence-corrected chi connectivity index (χ1v) is 8.23. The summed E-state index contributed by atoms with van der Waals surface area (Å²) in [6.45, 7) is 0.552. The zero-order valence-corrected chi connectivity index (χ0v) is 13.1. The van der Waals surface area contributed by atoms with E-state index in [1.807, 2.05) is 16.8 Å². The lowest BCUT2D eigenvalue weighted by Crippen LogP contribution is -2.34. The topological polar surface area (TPSA) is 59.8 Å². The first kappa shape index (κ1) is 17.1. The average Bonchev–Trinajstić information content (AvgIpc) is 2.84. The molecule has 1 fully saturated rings. The van der Waals surface area contributed by atoms with Crippen molar-refractivity contribution in [2.75, 3.05) is 12.3 Å². The molecule has 1 aromatic heterocycles. The van der Waals surface area contributed by atoms with Gasteiger partial charge in [-0.3, -0.25) is 4.79 Å². The lowest BCUT2D eigenvalue weighted by atomic mass is 9.95. The Kier molecular flexibility index (Phi) is 5.71. The maximum absolute atomic E-state index is 12.0. The van der Waals surface area contributed by atoms with Crippen molar-refractivity contribution in [3.63, 3.8) is 0 Å². The SMILES string of the molecule is Cc1nnc(SCC(=O)NCC(F)(F)F)n1C1CCCCC1. The molecule has 0 aliphatic heterocycles. The molecule has 124 valence electrons. The summed E-state index contributed by atoms with van der Waals surface area (Å²) in [5, 5.41) is 10.5. The van der Waals surface area contributed by atoms with Crippen LogP contribution in [0.25, 0.3) is 0 Å². The molecule has 2 rings (SSSR count). The summed E-state index contributed by atoms with van der Waals surface area (Å²) in [5.74, 6) is 0.0317. The van der Waals surface area contributed by atoms with E-state index in [1.165, 1.54) is 6.42 Å². The number of hydrogen-bond acceptors (Lipinski definition) is 4. The van der Waals surface area contributed by atoms with Gasteiger partial charge in [0, 0.05) is 6.04 Å². The number of hydrogen-bond donors (Lipinski definition) is 1. The van der Waals surface area contributed by atoms with E-state index >= 15 is 0 Å². The van der Waals surface area contributed by atoms with Gasteiger partial charge in [-0.15, -0.1) is 10.2 Å². The smallest absolute Gasteiger partial charge is 0.346 e. The Morgan fingerprint density at radius 1 is 1.32 bits per heavy atom. The van der Waals surface area contributed by atoms with Gasteiger partial charge in [0.05, 0.1) is 5.75 Å². The standard InChI is InChI=1S/C13H19F3N4OS/c1-9-18-19-12(20(9)10-5-3-2-4-6-10)22-7-11(21)17-8-13(14,15)16/h10H,2-8H2,1H3,(H,17,21). The van der Waals surface area contributed by atoms with E-state index in [4.69, 9.17) is 0 Å². The third-order valence-corrected chi connectivity index (χ3v) is 4.54. The largest absolute Gasteiger partial charge is 0.405 e. The van der Waals surface area contributed by atoms with Crippen LogP contribution in [-0.4, -0.2) is 39.1 Å². The maximum Gasteiger partial charge on any atom is 0.405 e. The van der Waals surface area contributed by atoms with E-state index in [1.54, 1.807) is 0 Å². The molecule has 1 aliphatic carbocycles. The van der Waals surface area contributed by atoms with Gasteiger partial charge in [-0.1, -0.05) is 31.0 Å². The summed E-state index contributed by atoms with van der Waals surface area (Å²) < 4.78 is 38.1. The number of alkyl halides is 3. The quantitative estimate of drug-likeness (QED) is 0.840. The first-order valence-electron chi connectivity index (χ1n) is 7.24. The normalized spacial score (nSPS) is 16.7. The number of aromatic nitrogens is 3. The summed E-state index contributed by atoms with van der Waals surface area (Å²) in [5.41, 5.74) is 0. The second kappa shape index (κ2) is 7.34. The lowest BCUT2D eigenvalue weighted by Gasteiger charge is -2.24. The monoisotopic (exact) mass is 336 g/mol. The molecule has 0 unspecified atom stereocenters. The highest BCUT2D eigenvalue weighted by Crippen LogP contribution is 2.32. The third kappa shape index (κ3) is 4.89. The molecule has 0 atom stereocenters. The molecule has 22 heavy (non-hydrogen) atoms. The van der Waals surface area contributed by atoms with Crippen molar-refractivity contribution in [3.8, 4) is 0 Å². The van der Waals surface area contributed by atoms with Gasteiger partial charge < -0.3 is 9.88 Å². The van der Waals surface area contributed by atoms with Crippen LogP contribution >= 0.6 is 11.8 Å². The summed E-state index contributed by atoms with van der Waals surface area (Å²) in [4.78, 5) is 11.5. The summed E-state index contributed by atoms with van der Waals surface area (Å²) in [7, 11) is 0. The number of thioether (sulfide) groups is 1. The number of amides is 1. The number of aryl methyl sites for hydroxylation is 1. The summed E-state index contributed by atoms with van der Waals surface area (Å²) in [6, 6.07) is 0.324. The Labute approximate surface area is 131 Å². The van der Waals surface area contributed by atoms with Gasteiger partial charge in [-0.2, -0.15) is 13.2 Å². The van der Waals surface area contributed by atoms with E-state index in [0.29, 0.717) is 11.2 Å². The van der Waals surface area contributed by atoms with E-state index in [-0.39, 0.29) is 5.75 Å². The Balaban J connectivity index is 1.91. The number of carbonyl (C=O) groups is 1. The molecule has 0 aromatic carbocycles. The van der Waals surface area contributed by atoms with E-state index in [0.717, 1.165) is 43.3 Å². The van der Waals surface area contributed by atoms with Crippen LogP contribution in [0.15, 0.2) is 5.16 Å². The van der Waals surface area contributed by atoms with E-state index < -0.39 is 18.6 Å². The molecular weight excluding hydrogens is 317 g/mol. The zero-order chi connectivity index (χ0) is 16.2. The first-order chi connectivity index (χ1) is 10.4. The average molecular weight is 336 g/mol. The predicted octanol–water partition coefficient (Wildman–Crippen LogP) is 2.86. The van der Waals surface area contributed by atoms with Crippen LogP contribution in [0.3, 0.4) is 0 Å². The van der Waals surface area contributed by atoms with Gasteiger partial charge in [-0.05, 0) is 19.8 Å². The van der Waals surface area contributed by atoms with Crippen molar-refractivity contribution >= 4 is 17.7 Å². The number of nitrogens with one attached hydrogen (secondary N) is 1. The fraction of sp³-hybridized carbons (Fsp3) is 0.769. The zero-order valence-electron chi connectivity index (χ0n) is 12.3. The van der Waals surface area contributed by atoms with Gasteiger partial charge in [-0.25, -0.2) is 0 Å². The minimum atomic E-state index is -4.39. The van der Waals surface area contributed by atoms with Gasteiger partial charge >= 0.3 is 6.18 Å². The van der Waals surface area contributed by atoms with Crippen LogP contribution in [0.4, 0.5) is 13.2 Å². The van der Waals surface area contributed by atoms with Crippen molar-refractivity contribution < 1.29 is 18.0 Å². The highest BCUT2D eigenvalue weighted by Gasteiger charge is 2.28. The Morgan fingerprint density at radius 2 is 2.00 bits per heavy atom. The van der Waals surface area contributed by atoms with Gasteiger partial charge in [0.2, 0.25) is 5.91 Å². The molecule has 0 spiro atoms. The van der Waals surface area contributed by atoms with E-state index in [9.17, 15) is 18.0 Å². The molecule has 1 heterocycles. The van der Waals surface area contributed by atoms with Crippen LogP contribution in [0.1, 0.15) is 44.0 Å². The van der Waals surface area contributed by atoms with Crippen LogP contribution in [0.5, 0.6) is 0 Å². The third-order valence-electron chi connectivity index (χ3n) is 3.59. The highest BCUT2D eigenvalue weighted by molar-refractivity contribution is 7.99. The fourth-order valence-electron chi connectivity index (χ4n) is 2.59. The van der Waals surface area contributed by atoms with Gasteiger partial charge in [0.15, 0.2) is 5.16 Å². The second-order valence-corrected chi connectivity index (χ2v) is 6.31. The minimum Gasteiger partial charge on any atom is -0.346 e. The molecule has 9 heteroatoms. The highest BCUT2D eigenvalue weighted by atomic mass is 32.2.